The Kier molecular flexibility index (Phi) is 2.30. The van der Waals surface area contributed by atoms with E-state index in [1.807, 2.05) is 24.3 Å². The van der Waals surface area contributed by atoms with Crippen LogP contribution in [0.15, 0.2) is 40.9 Å². The molecule has 3 rings (SSSR count). The van der Waals surface area contributed by atoms with E-state index in [4.69, 9.17) is 21.1 Å². The third kappa shape index (κ3) is 1.56. The van der Waals surface area contributed by atoms with E-state index < -0.39 is 0 Å². The molecule has 1 heterocycles. The fraction of sp³-hybridized carbons (Fsp3) is 0. The zero-order valence-corrected chi connectivity index (χ0v) is 10.4. The molecule has 0 aromatic heterocycles. The van der Waals surface area contributed by atoms with Crippen molar-refractivity contribution in [1.29, 1.82) is 0 Å². The first-order chi connectivity index (χ1) is 7.74. The summed E-state index contributed by atoms with van der Waals surface area (Å²) in [6.07, 6.45) is 0. The van der Waals surface area contributed by atoms with Gasteiger partial charge in [-0.2, -0.15) is 0 Å². The third-order valence-electron chi connectivity index (χ3n) is 2.28. The Morgan fingerprint density at radius 2 is 1.44 bits per heavy atom. The molecule has 0 fully saturated rings. The Balaban J connectivity index is 2.12. The topological polar surface area (TPSA) is 18.5 Å². The van der Waals surface area contributed by atoms with E-state index in [0.29, 0.717) is 28.0 Å². The minimum absolute atomic E-state index is 0.599. The highest BCUT2D eigenvalue weighted by Gasteiger charge is 2.19. The molecular weight excluding hydrogens is 291 g/mol. The number of para-hydroxylation sites is 2. The second kappa shape index (κ2) is 3.68. The van der Waals surface area contributed by atoms with Crippen molar-refractivity contribution in [3.63, 3.8) is 0 Å². The number of ether oxygens (including phenoxy) is 2. The average Bonchev–Trinajstić information content (AvgIpc) is 2.28. The number of halogens is 2. The van der Waals surface area contributed by atoms with E-state index in [2.05, 4.69) is 15.9 Å². The van der Waals surface area contributed by atoms with Gasteiger partial charge >= 0.3 is 0 Å². The van der Waals surface area contributed by atoms with Crippen LogP contribution < -0.4 is 9.47 Å². The van der Waals surface area contributed by atoms with Crippen LogP contribution in [0.5, 0.6) is 23.0 Å². The summed E-state index contributed by atoms with van der Waals surface area (Å²) in [4.78, 5) is 0. The van der Waals surface area contributed by atoms with Crippen LogP contribution in [0.4, 0.5) is 0 Å². The lowest BCUT2D eigenvalue weighted by molar-refractivity contribution is 0.359. The smallest absolute Gasteiger partial charge is 0.171 e. The maximum atomic E-state index is 5.99. The highest BCUT2D eigenvalue weighted by Crippen LogP contribution is 2.47. The Labute approximate surface area is 106 Å². The monoisotopic (exact) mass is 296 g/mol. The lowest BCUT2D eigenvalue weighted by Crippen LogP contribution is -1.98. The van der Waals surface area contributed by atoms with E-state index in [0.717, 1.165) is 4.47 Å². The zero-order chi connectivity index (χ0) is 11.1. The molecule has 2 nitrogen and oxygen atoms in total. The van der Waals surface area contributed by atoms with Crippen molar-refractivity contribution in [2.24, 2.45) is 0 Å². The number of rotatable bonds is 0. The van der Waals surface area contributed by atoms with E-state index in [1.165, 1.54) is 0 Å². The first-order valence-electron chi connectivity index (χ1n) is 4.68. The van der Waals surface area contributed by atoms with Gasteiger partial charge in [0.2, 0.25) is 0 Å². The van der Waals surface area contributed by atoms with Crippen molar-refractivity contribution in [2.75, 3.05) is 0 Å². The molecule has 0 atom stereocenters. The van der Waals surface area contributed by atoms with Gasteiger partial charge in [-0.1, -0.05) is 23.7 Å². The van der Waals surface area contributed by atoms with Crippen LogP contribution in [0.3, 0.4) is 0 Å². The van der Waals surface area contributed by atoms with Crippen LogP contribution in [0, 0.1) is 0 Å². The highest BCUT2D eigenvalue weighted by atomic mass is 79.9. The fourth-order valence-electron chi connectivity index (χ4n) is 1.53. The molecule has 0 spiro atoms. The fourth-order valence-corrected chi connectivity index (χ4v) is 2.00. The molecule has 0 saturated carbocycles. The largest absolute Gasteiger partial charge is 0.449 e. The van der Waals surface area contributed by atoms with E-state index in [9.17, 15) is 0 Å². The third-order valence-corrected chi connectivity index (χ3v) is 3.47. The number of benzene rings is 2. The van der Waals surface area contributed by atoms with Crippen molar-refractivity contribution in [3.05, 3.63) is 45.9 Å². The SMILES string of the molecule is Clc1cc2c(cc1Br)Oc1ccccc1O2. The molecule has 16 heavy (non-hydrogen) atoms. The number of fused-ring (bicyclic) bond motifs is 2. The zero-order valence-electron chi connectivity index (χ0n) is 8.04. The molecule has 80 valence electrons. The second-order valence-electron chi connectivity index (χ2n) is 3.36. The Morgan fingerprint density at radius 3 is 2.06 bits per heavy atom. The highest BCUT2D eigenvalue weighted by molar-refractivity contribution is 9.10. The summed E-state index contributed by atoms with van der Waals surface area (Å²) in [6.45, 7) is 0. The summed E-state index contributed by atoms with van der Waals surface area (Å²) in [5.41, 5.74) is 0. The summed E-state index contributed by atoms with van der Waals surface area (Å²) in [6, 6.07) is 11.0. The molecule has 4 heteroatoms. The first-order valence-corrected chi connectivity index (χ1v) is 5.85. The molecule has 0 saturated heterocycles. The summed E-state index contributed by atoms with van der Waals surface area (Å²) in [7, 11) is 0. The minimum atomic E-state index is 0.599. The number of hydrogen-bond donors (Lipinski definition) is 0. The molecule has 0 amide bonds. The van der Waals surface area contributed by atoms with Gasteiger partial charge in [0.1, 0.15) is 0 Å². The second-order valence-corrected chi connectivity index (χ2v) is 4.63. The molecule has 2 aromatic rings. The Hall–Kier alpha value is -1.19. The van der Waals surface area contributed by atoms with Crippen LogP contribution in [0.25, 0.3) is 0 Å². The predicted octanol–water partition coefficient (Wildman–Crippen LogP) is 5.00. The van der Waals surface area contributed by atoms with Gasteiger partial charge in [0.15, 0.2) is 23.0 Å². The molecular formula is C12H6BrClO2. The first kappa shape index (κ1) is 10.00. The summed E-state index contributed by atoms with van der Waals surface area (Å²) in [5.74, 6) is 2.71. The summed E-state index contributed by atoms with van der Waals surface area (Å²) >= 11 is 9.34. The van der Waals surface area contributed by atoms with Gasteiger partial charge in [0.05, 0.1) is 5.02 Å². The van der Waals surface area contributed by atoms with Crippen LogP contribution in [-0.2, 0) is 0 Å². The Bertz CT molecular complexity index is 519. The van der Waals surface area contributed by atoms with Crippen LogP contribution in [0.2, 0.25) is 5.02 Å². The van der Waals surface area contributed by atoms with Crippen molar-refractivity contribution >= 4 is 27.5 Å². The van der Waals surface area contributed by atoms with Crippen molar-refractivity contribution in [1.82, 2.24) is 0 Å². The average molecular weight is 298 g/mol. The Morgan fingerprint density at radius 1 is 0.875 bits per heavy atom. The van der Waals surface area contributed by atoms with Crippen molar-refractivity contribution in [2.45, 2.75) is 0 Å². The number of hydrogen-bond acceptors (Lipinski definition) is 2. The van der Waals surface area contributed by atoms with E-state index in [-0.39, 0.29) is 0 Å². The van der Waals surface area contributed by atoms with Crippen LogP contribution >= 0.6 is 27.5 Å². The standard InChI is InChI=1S/C12H6BrClO2/c13-7-5-11-12(6-8(7)14)16-10-4-2-1-3-9(10)15-11/h1-6H. The van der Waals surface area contributed by atoms with Crippen LogP contribution in [-0.4, -0.2) is 0 Å². The molecule has 0 bridgehead atoms. The van der Waals surface area contributed by atoms with Crippen LogP contribution in [0.1, 0.15) is 0 Å². The summed E-state index contributed by atoms with van der Waals surface area (Å²) < 4.78 is 12.2. The maximum Gasteiger partial charge on any atom is 0.171 e. The predicted molar refractivity (Wildman–Crippen MR) is 65.7 cm³/mol. The van der Waals surface area contributed by atoms with Crippen molar-refractivity contribution in [3.8, 4) is 23.0 Å². The minimum Gasteiger partial charge on any atom is -0.449 e. The molecule has 0 unspecified atom stereocenters. The van der Waals surface area contributed by atoms with Gasteiger partial charge in [0.25, 0.3) is 0 Å². The quantitative estimate of drug-likeness (QED) is 0.581. The lowest BCUT2D eigenvalue weighted by Gasteiger charge is -2.20. The molecule has 1 aliphatic heterocycles. The molecule has 0 N–H and O–H groups in total. The van der Waals surface area contributed by atoms with Gasteiger partial charge in [0, 0.05) is 16.6 Å². The normalized spacial score (nSPS) is 12.1. The lowest BCUT2D eigenvalue weighted by atomic mass is 10.2. The van der Waals surface area contributed by atoms with Gasteiger partial charge in [-0.15, -0.1) is 0 Å². The van der Waals surface area contributed by atoms with Crippen molar-refractivity contribution < 1.29 is 9.47 Å². The van der Waals surface area contributed by atoms with Gasteiger partial charge in [-0.25, -0.2) is 0 Å². The van der Waals surface area contributed by atoms with E-state index >= 15 is 0 Å². The molecule has 0 aliphatic carbocycles. The van der Waals surface area contributed by atoms with Gasteiger partial charge in [-0.3, -0.25) is 0 Å². The molecule has 0 radical (unpaired) electrons. The summed E-state index contributed by atoms with van der Waals surface area (Å²) in [5, 5.41) is 0.599. The molecule has 2 aromatic carbocycles. The maximum absolute atomic E-state index is 5.99. The van der Waals surface area contributed by atoms with Gasteiger partial charge < -0.3 is 9.47 Å². The molecule has 1 aliphatic rings. The van der Waals surface area contributed by atoms with E-state index in [1.54, 1.807) is 12.1 Å². The van der Waals surface area contributed by atoms with Gasteiger partial charge in [-0.05, 0) is 28.1 Å².